The lowest BCUT2D eigenvalue weighted by atomic mass is 10.1. The third-order valence-electron chi connectivity index (χ3n) is 4.56. The van der Waals surface area contributed by atoms with Gasteiger partial charge in [-0.05, 0) is 18.6 Å². The number of benzene rings is 1. The van der Waals surface area contributed by atoms with Crippen molar-refractivity contribution in [3.63, 3.8) is 0 Å². The SMILES string of the molecule is CCC(COC(F)(F)F)NC(=O)c1cn(-c2c(F)cc(F)cc2F)c2nc(Cl)ccc2c1=O. The van der Waals surface area contributed by atoms with Gasteiger partial charge in [0.05, 0.1) is 18.0 Å². The Morgan fingerprint density at radius 3 is 2.42 bits per heavy atom. The summed E-state index contributed by atoms with van der Waals surface area (Å²) in [5.74, 6) is -5.06. The molecule has 33 heavy (non-hydrogen) atoms. The van der Waals surface area contributed by atoms with Crippen molar-refractivity contribution in [3.05, 3.63) is 68.9 Å². The molecular weight excluding hydrogens is 480 g/mol. The summed E-state index contributed by atoms with van der Waals surface area (Å²) in [6.07, 6.45) is -4.17. The molecule has 2 heterocycles. The molecule has 3 aromatic rings. The third-order valence-corrected chi connectivity index (χ3v) is 4.77. The predicted molar refractivity (Wildman–Crippen MR) is 106 cm³/mol. The molecule has 1 unspecified atom stereocenters. The first-order valence-corrected chi connectivity index (χ1v) is 9.67. The first-order valence-electron chi connectivity index (χ1n) is 9.29. The van der Waals surface area contributed by atoms with Crippen LogP contribution in [0.5, 0.6) is 0 Å². The largest absolute Gasteiger partial charge is 0.522 e. The maximum Gasteiger partial charge on any atom is 0.522 e. The molecule has 0 aliphatic carbocycles. The Hall–Kier alpha value is -3.12. The number of nitrogens with zero attached hydrogens (tertiary/aromatic N) is 2. The minimum atomic E-state index is -4.93. The van der Waals surface area contributed by atoms with Gasteiger partial charge in [0.2, 0.25) is 5.43 Å². The number of nitrogens with one attached hydrogen (secondary N) is 1. The molecule has 0 spiro atoms. The van der Waals surface area contributed by atoms with Crippen molar-refractivity contribution in [2.24, 2.45) is 0 Å². The summed E-state index contributed by atoms with van der Waals surface area (Å²) < 4.78 is 83.7. The Morgan fingerprint density at radius 2 is 1.85 bits per heavy atom. The van der Waals surface area contributed by atoms with Crippen LogP contribution in [0.15, 0.2) is 35.3 Å². The Morgan fingerprint density at radius 1 is 1.21 bits per heavy atom. The minimum Gasteiger partial charge on any atom is -0.347 e. The second-order valence-electron chi connectivity index (χ2n) is 6.80. The number of alkyl halides is 3. The number of aromatic nitrogens is 2. The molecule has 176 valence electrons. The highest BCUT2D eigenvalue weighted by Gasteiger charge is 2.31. The first-order chi connectivity index (χ1) is 15.4. The molecule has 1 atom stereocenters. The topological polar surface area (TPSA) is 73.2 Å². The summed E-state index contributed by atoms with van der Waals surface area (Å²) in [6.45, 7) is 0.546. The van der Waals surface area contributed by atoms with E-state index in [1.54, 1.807) is 0 Å². The van der Waals surface area contributed by atoms with Crippen LogP contribution < -0.4 is 10.7 Å². The summed E-state index contributed by atoms with van der Waals surface area (Å²) in [6, 6.07) is 1.98. The molecule has 1 amide bonds. The quantitative estimate of drug-likeness (QED) is 0.405. The monoisotopic (exact) mass is 493 g/mol. The molecular formula is C20H14ClF6N3O3. The van der Waals surface area contributed by atoms with E-state index in [-0.39, 0.29) is 22.6 Å². The van der Waals surface area contributed by atoms with E-state index in [1.165, 1.54) is 13.0 Å². The highest BCUT2D eigenvalue weighted by Crippen LogP contribution is 2.24. The van der Waals surface area contributed by atoms with E-state index in [0.717, 1.165) is 12.3 Å². The van der Waals surface area contributed by atoms with Gasteiger partial charge in [0.1, 0.15) is 27.9 Å². The molecule has 2 aromatic heterocycles. The van der Waals surface area contributed by atoms with Crippen LogP contribution in [0.4, 0.5) is 26.3 Å². The second kappa shape index (κ2) is 9.40. The third kappa shape index (κ3) is 5.45. The maximum atomic E-state index is 14.5. The highest BCUT2D eigenvalue weighted by molar-refractivity contribution is 6.29. The van der Waals surface area contributed by atoms with E-state index in [9.17, 15) is 35.9 Å². The smallest absolute Gasteiger partial charge is 0.347 e. The van der Waals surface area contributed by atoms with Crippen molar-refractivity contribution in [1.29, 1.82) is 0 Å². The van der Waals surface area contributed by atoms with E-state index < -0.39 is 59.0 Å². The number of carbonyl (C=O) groups excluding carboxylic acids is 1. The summed E-state index contributed by atoms with van der Waals surface area (Å²) in [7, 11) is 0. The molecule has 1 aromatic carbocycles. The fourth-order valence-electron chi connectivity index (χ4n) is 3.00. The summed E-state index contributed by atoms with van der Waals surface area (Å²) in [4.78, 5) is 29.5. The van der Waals surface area contributed by atoms with Crippen LogP contribution in [-0.4, -0.2) is 34.5 Å². The van der Waals surface area contributed by atoms with Crippen molar-refractivity contribution in [3.8, 4) is 5.69 Å². The molecule has 0 bridgehead atoms. The van der Waals surface area contributed by atoms with Crippen molar-refractivity contribution >= 4 is 28.5 Å². The molecule has 1 N–H and O–H groups in total. The Balaban J connectivity index is 2.14. The number of pyridine rings is 2. The molecule has 0 saturated heterocycles. The number of hydrogen-bond donors (Lipinski definition) is 1. The van der Waals surface area contributed by atoms with E-state index in [0.29, 0.717) is 16.7 Å². The van der Waals surface area contributed by atoms with Gasteiger partial charge in [0.25, 0.3) is 5.91 Å². The van der Waals surface area contributed by atoms with Gasteiger partial charge in [-0.2, -0.15) is 0 Å². The van der Waals surface area contributed by atoms with E-state index in [1.807, 2.05) is 0 Å². The number of ether oxygens (including phenoxy) is 1. The second-order valence-corrected chi connectivity index (χ2v) is 7.19. The lowest BCUT2D eigenvalue weighted by Crippen LogP contribution is -2.41. The Kier molecular flexibility index (Phi) is 6.98. The zero-order valence-electron chi connectivity index (χ0n) is 16.6. The molecule has 0 fully saturated rings. The average molecular weight is 494 g/mol. The lowest BCUT2D eigenvalue weighted by molar-refractivity contribution is -0.326. The fourth-order valence-corrected chi connectivity index (χ4v) is 3.14. The number of carbonyl (C=O) groups is 1. The van der Waals surface area contributed by atoms with Gasteiger partial charge in [-0.3, -0.25) is 18.9 Å². The van der Waals surface area contributed by atoms with Gasteiger partial charge in [-0.15, -0.1) is 13.2 Å². The van der Waals surface area contributed by atoms with Crippen LogP contribution in [0.3, 0.4) is 0 Å². The molecule has 0 saturated carbocycles. The van der Waals surface area contributed by atoms with Crippen molar-refractivity contribution in [2.45, 2.75) is 25.7 Å². The van der Waals surface area contributed by atoms with Gasteiger partial charge in [0.15, 0.2) is 11.6 Å². The van der Waals surface area contributed by atoms with E-state index >= 15 is 0 Å². The van der Waals surface area contributed by atoms with Crippen molar-refractivity contribution < 1.29 is 35.9 Å². The van der Waals surface area contributed by atoms with E-state index in [2.05, 4.69) is 15.0 Å². The number of amides is 1. The average Bonchev–Trinajstić information content (AvgIpc) is 2.71. The zero-order chi connectivity index (χ0) is 24.5. The zero-order valence-corrected chi connectivity index (χ0v) is 17.4. The standard InChI is InChI=1S/C20H14ClF6N3O3/c1-2-10(8-33-20(25,26)27)28-19(32)12-7-30(16-13(23)5-9(22)6-14(16)24)18-11(17(12)31)3-4-15(21)29-18/h3-7,10H,2,8H2,1H3,(H,28,32). The van der Waals surface area contributed by atoms with E-state index in [4.69, 9.17) is 11.6 Å². The van der Waals surface area contributed by atoms with Crippen LogP contribution in [0.1, 0.15) is 23.7 Å². The Labute approximate surface area is 186 Å². The molecule has 0 aliphatic rings. The van der Waals surface area contributed by atoms with Crippen molar-refractivity contribution in [1.82, 2.24) is 14.9 Å². The molecule has 13 heteroatoms. The molecule has 3 rings (SSSR count). The van der Waals surface area contributed by atoms with Gasteiger partial charge in [-0.25, -0.2) is 18.2 Å². The van der Waals surface area contributed by atoms with Crippen molar-refractivity contribution in [2.75, 3.05) is 6.61 Å². The van der Waals surface area contributed by atoms with Gasteiger partial charge in [-0.1, -0.05) is 18.5 Å². The number of halogens is 7. The van der Waals surface area contributed by atoms with Crippen LogP contribution in [0.25, 0.3) is 16.7 Å². The summed E-state index contributed by atoms with van der Waals surface area (Å²) >= 11 is 5.84. The highest BCUT2D eigenvalue weighted by atomic mass is 35.5. The van der Waals surface area contributed by atoms with Gasteiger partial charge < -0.3 is 5.32 Å². The van der Waals surface area contributed by atoms with Crippen LogP contribution in [0, 0.1) is 17.5 Å². The Bertz CT molecular complexity index is 1260. The van der Waals surface area contributed by atoms with Crippen LogP contribution in [0.2, 0.25) is 5.15 Å². The lowest BCUT2D eigenvalue weighted by Gasteiger charge is -2.19. The maximum absolute atomic E-state index is 14.5. The number of fused-ring (bicyclic) bond motifs is 1. The summed E-state index contributed by atoms with van der Waals surface area (Å²) in [5, 5.41) is 1.80. The fraction of sp³-hybridized carbons (Fsp3) is 0.250. The molecule has 0 aliphatic heterocycles. The first kappa shape index (κ1) is 24.5. The van der Waals surface area contributed by atoms with Gasteiger partial charge >= 0.3 is 6.36 Å². The predicted octanol–water partition coefficient (Wildman–Crippen LogP) is 4.50. The number of rotatable bonds is 6. The minimum absolute atomic E-state index is 0.0158. The van der Waals surface area contributed by atoms with Crippen LogP contribution >= 0.6 is 11.6 Å². The van der Waals surface area contributed by atoms with Gasteiger partial charge in [0, 0.05) is 18.3 Å². The molecule has 0 radical (unpaired) electrons. The number of hydrogen-bond acceptors (Lipinski definition) is 4. The van der Waals surface area contributed by atoms with Crippen LogP contribution in [-0.2, 0) is 4.74 Å². The normalized spacial score (nSPS) is 12.7. The molecule has 6 nitrogen and oxygen atoms in total. The summed E-state index contributed by atoms with van der Waals surface area (Å²) in [5.41, 5.74) is -2.75.